The molecule has 0 radical (unpaired) electrons. The number of hydrogen-bond acceptors (Lipinski definition) is 7. The summed E-state index contributed by atoms with van der Waals surface area (Å²) in [6, 6.07) is 11.1. The van der Waals surface area contributed by atoms with Gasteiger partial charge in [0.05, 0.1) is 30.2 Å². The molecule has 9 heteroatoms. The normalized spacial score (nSPS) is 11.4. The van der Waals surface area contributed by atoms with Gasteiger partial charge < -0.3 is 14.4 Å². The lowest BCUT2D eigenvalue weighted by Crippen LogP contribution is -2.24. The second kappa shape index (κ2) is 10.3. The van der Waals surface area contributed by atoms with Crippen molar-refractivity contribution in [3.63, 3.8) is 0 Å². The summed E-state index contributed by atoms with van der Waals surface area (Å²) in [7, 11) is 0.337. The quantitative estimate of drug-likeness (QED) is 0.604. The van der Waals surface area contributed by atoms with Gasteiger partial charge in [-0.2, -0.15) is 0 Å². The Bertz CT molecular complexity index is 986. The molecular formula is C21H26N2O6S. The maximum atomic E-state index is 12.8. The van der Waals surface area contributed by atoms with Crippen LogP contribution in [-0.2, 0) is 32.6 Å². The molecule has 162 valence electrons. The maximum Gasteiger partial charge on any atom is 0.337 e. The Morgan fingerprint density at radius 1 is 0.967 bits per heavy atom. The number of benzene rings is 2. The summed E-state index contributed by atoms with van der Waals surface area (Å²) in [5.41, 5.74) is 1.73. The van der Waals surface area contributed by atoms with E-state index in [1.165, 1.54) is 20.3 Å². The number of carbonyl (C=O) groups excluding carboxylic acids is 2. The first-order valence-corrected chi connectivity index (χ1v) is 10.8. The Morgan fingerprint density at radius 3 is 2.07 bits per heavy atom. The Morgan fingerprint density at radius 2 is 1.53 bits per heavy atom. The SMILES string of the molecule is CCN(C)Cc1cccc(CNS(=O)(=O)c2cc(C(=O)OC)cc(C(=O)OC)c2)c1. The fraction of sp³-hybridized carbons (Fsp3) is 0.333. The first-order chi connectivity index (χ1) is 14.2. The van der Waals surface area contributed by atoms with Gasteiger partial charge in [-0.05, 0) is 42.9 Å². The predicted octanol–water partition coefficient (Wildman–Crippen LogP) is 2.19. The highest BCUT2D eigenvalue weighted by Gasteiger charge is 2.21. The minimum Gasteiger partial charge on any atom is -0.465 e. The first-order valence-electron chi connectivity index (χ1n) is 9.28. The molecular weight excluding hydrogens is 408 g/mol. The van der Waals surface area contributed by atoms with Crippen LogP contribution >= 0.6 is 0 Å². The average molecular weight is 435 g/mol. The van der Waals surface area contributed by atoms with Crippen molar-refractivity contribution in [1.82, 2.24) is 9.62 Å². The van der Waals surface area contributed by atoms with E-state index >= 15 is 0 Å². The number of carbonyl (C=O) groups is 2. The molecule has 0 atom stereocenters. The second-order valence-electron chi connectivity index (χ2n) is 6.70. The number of esters is 2. The van der Waals surface area contributed by atoms with Crippen LogP contribution in [0, 0.1) is 0 Å². The number of ether oxygens (including phenoxy) is 2. The van der Waals surface area contributed by atoms with Crippen molar-refractivity contribution in [1.29, 1.82) is 0 Å². The average Bonchev–Trinajstić information content (AvgIpc) is 2.76. The Labute approximate surface area is 176 Å². The molecule has 0 aliphatic rings. The summed E-state index contributed by atoms with van der Waals surface area (Å²) in [5.74, 6) is -1.52. The van der Waals surface area contributed by atoms with Gasteiger partial charge in [-0.1, -0.05) is 31.2 Å². The lowest BCUT2D eigenvalue weighted by molar-refractivity contribution is 0.0598. The summed E-state index contributed by atoms with van der Waals surface area (Å²) >= 11 is 0. The minimum atomic E-state index is -4.00. The third-order valence-corrected chi connectivity index (χ3v) is 5.89. The van der Waals surface area contributed by atoms with Crippen molar-refractivity contribution < 1.29 is 27.5 Å². The fourth-order valence-corrected chi connectivity index (χ4v) is 3.84. The van der Waals surface area contributed by atoms with Crippen molar-refractivity contribution in [2.45, 2.75) is 24.9 Å². The van der Waals surface area contributed by atoms with Gasteiger partial charge in [0.15, 0.2) is 0 Å². The smallest absolute Gasteiger partial charge is 0.337 e. The van der Waals surface area contributed by atoms with E-state index in [4.69, 9.17) is 0 Å². The zero-order valence-corrected chi connectivity index (χ0v) is 18.3. The topological polar surface area (TPSA) is 102 Å². The number of methoxy groups -OCH3 is 2. The van der Waals surface area contributed by atoms with Gasteiger partial charge in [0.25, 0.3) is 0 Å². The van der Waals surface area contributed by atoms with E-state index in [-0.39, 0.29) is 22.6 Å². The van der Waals surface area contributed by atoms with Crippen molar-refractivity contribution >= 4 is 22.0 Å². The second-order valence-corrected chi connectivity index (χ2v) is 8.47. The van der Waals surface area contributed by atoms with Crippen molar-refractivity contribution in [2.75, 3.05) is 27.8 Å². The zero-order valence-electron chi connectivity index (χ0n) is 17.5. The van der Waals surface area contributed by atoms with E-state index < -0.39 is 22.0 Å². The highest BCUT2D eigenvalue weighted by molar-refractivity contribution is 7.89. The van der Waals surface area contributed by atoms with E-state index in [2.05, 4.69) is 26.0 Å². The van der Waals surface area contributed by atoms with Crippen molar-refractivity contribution in [3.8, 4) is 0 Å². The molecule has 0 aliphatic carbocycles. The van der Waals surface area contributed by atoms with Crippen LogP contribution in [-0.4, -0.2) is 53.1 Å². The number of hydrogen-bond donors (Lipinski definition) is 1. The highest BCUT2D eigenvalue weighted by Crippen LogP contribution is 2.18. The third kappa shape index (κ3) is 6.12. The molecule has 0 aliphatic heterocycles. The molecule has 0 heterocycles. The molecule has 2 aromatic rings. The molecule has 0 fully saturated rings. The lowest BCUT2D eigenvalue weighted by atomic mass is 10.1. The number of sulfonamides is 1. The molecule has 8 nitrogen and oxygen atoms in total. The Kier molecular flexibility index (Phi) is 8.10. The van der Waals surface area contributed by atoms with Crippen LogP contribution in [0.15, 0.2) is 47.4 Å². The summed E-state index contributed by atoms with van der Waals surface area (Å²) in [5, 5.41) is 0. The van der Waals surface area contributed by atoms with Gasteiger partial charge >= 0.3 is 11.9 Å². The minimum absolute atomic E-state index is 0.0576. The van der Waals surface area contributed by atoms with Gasteiger partial charge in [0, 0.05) is 13.1 Å². The molecule has 0 unspecified atom stereocenters. The van der Waals surface area contributed by atoms with E-state index in [0.717, 1.165) is 36.3 Å². The summed E-state index contributed by atoms with van der Waals surface area (Å²) < 4.78 is 37.4. The standard InChI is InChI=1S/C21H26N2O6S/c1-5-23(2)14-16-8-6-7-15(9-16)13-22-30(26,27)19-11-17(20(24)28-3)10-18(12-19)21(25)29-4/h6-12,22H,5,13-14H2,1-4H3. The predicted molar refractivity (Wildman–Crippen MR) is 112 cm³/mol. The molecule has 0 aromatic heterocycles. The number of nitrogens with one attached hydrogen (secondary N) is 1. The van der Waals surface area contributed by atoms with Crippen LogP contribution in [0.25, 0.3) is 0 Å². The molecule has 0 saturated heterocycles. The van der Waals surface area contributed by atoms with E-state index in [1.807, 2.05) is 31.3 Å². The van der Waals surface area contributed by atoms with Crippen LogP contribution in [0.3, 0.4) is 0 Å². The van der Waals surface area contributed by atoms with Crippen LogP contribution in [0.1, 0.15) is 38.8 Å². The van der Waals surface area contributed by atoms with Crippen molar-refractivity contribution in [3.05, 3.63) is 64.7 Å². The lowest BCUT2D eigenvalue weighted by Gasteiger charge is -2.15. The fourth-order valence-electron chi connectivity index (χ4n) is 2.75. The Balaban J connectivity index is 2.28. The number of rotatable bonds is 9. The molecule has 0 spiro atoms. The van der Waals surface area contributed by atoms with E-state index in [1.54, 1.807) is 0 Å². The summed E-state index contributed by atoms with van der Waals surface area (Å²) in [6.45, 7) is 3.77. The van der Waals surface area contributed by atoms with Gasteiger partial charge in [0.2, 0.25) is 10.0 Å². The zero-order chi connectivity index (χ0) is 22.3. The van der Waals surface area contributed by atoms with Crippen LogP contribution in [0.5, 0.6) is 0 Å². The first kappa shape index (κ1) is 23.5. The molecule has 0 amide bonds. The van der Waals surface area contributed by atoms with Gasteiger partial charge in [-0.15, -0.1) is 0 Å². The van der Waals surface area contributed by atoms with Crippen LogP contribution in [0.4, 0.5) is 0 Å². The molecule has 30 heavy (non-hydrogen) atoms. The molecule has 1 N–H and O–H groups in total. The maximum absolute atomic E-state index is 12.8. The van der Waals surface area contributed by atoms with Crippen LogP contribution < -0.4 is 4.72 Å². The largest absolute Gasteiger partial charge is 0.465 e. The highest BCUT2D eigenvalue weighted by atomic mass is 32.2. The van der Waals surface area contributed by atoms with Crippen molar-refractivity contribution in [2.24, 2.45) is 0 Å². The Hall–Kier alpha value is -2.75. The monoisotopic (exact) mass is 434 g/mol. The van der Waals surface area contributed by atoms with Gasteiger partial charge in [-0.3, -0.25) is 0 Å². The van der Waals surface area contributed by atoms with E-state index in [0.29, 0.717) is 0 Å². The molecule has 2 aromatic carbocycles. The molecule has 0 saturated carbocycles. The summed E-state index contributed by atoms with van der Waals surface area (Å²) in [6.07, 6.45) is 0. The van der Waals surface area contributed by atoms with E-state index in [9.17, 15) is 18.0 Å². The van der Waals surface area contributed by atoms with Gasteiger partial charge in [0.1, 0.15) is 0 Å². The number of nitrogens with zero attached hydrogens (tertiary/aromatic N) is 1. The molecule has 2 rings (SSSR count). The molecule has 0 bridgehead atoms. The third-order valence-electron chi connectivity index (χ3n) is 4.51. The van der Waals surface area contributed by atoms with Gasteiger partial charge in [-0.25, -0.2) is 22.7 Å². The van der Waals surface area contributed by atoms with Crippen LogP contribution in [0.2, 0.25) is 0 Å². The summed E-state index contributed by atoms with van der Waals surface area (Å²) in [4.78, 5) is 25.7.